The quantitative estimate of drug-likeness (QED) is 0.680. The fourth-order valence-electron chi connectivity index (χ4n) is 1.05. The predicted molar refractivity (Wildman–Crippen MR) is 42.4 cm³/mol. The first-order chi connectivity index (χ1) is 5.95. The minimum absolute atomic E-state index is 0.753. The van der Waals surface area contributed by atoms with E-state index >= 15 is 0 Å². The molecular formula is C8H9N3O. The lowest BCUT2D eigenvalue weighted by Crippen LogP contribution is -1.99. The summed E-state index contributed by atoms with van der Waals surface area (Å²) in [5.74, 6) is 0.753. The van der Waals surface area contributed by atoms with Gasteiger partial charge in [-0.1, -0.05) is 5.16 Å². The van der Waals surface area contributed by atoms with Crippen LogP contribution in [0.4, 0.5) is 0 Å². The minimum atomic E-state index is 0.753. The van der Waals surface area contributed by atoms with E-state index in [1.807, 2.05) is 24.5 Å². The van der Waals surface area contributed by atoms with Crippen LogP contribution >= 0.6 is 0 Å². The Morgan fingerprint density at radius 2 is 2.17 bits per heavy atom. The first-order valence-corrected chi connectivity index (χ1v) is 3.81. The zero-order chi connectivity index (χ0) is 8.23. The lowest BCUT2D eigenvalue weighted by Gasteiger charge is -1.97. The lowest BCUT2D eigenvalue weighted by atomic mass is 10.4. The Kier molecular flexibility index (Phi) is 1.90. The minimum Gasteiger partial charge on any atom is -0.354 e. The highest BCUT2D eigenvalue weighted by atomic mass is 16.5. The summed E-state index contributed by atoms with van der Waals surface area (Å²) in [7, 11) is 0. The molecule has 0 atom stereocenters. The Labute approximate surface area is 69.8 Å². The Morgan fingerprint density at radius 1 is 1.33 bits per heavy atom. The summed E-state index contributed by atoms with van der Waals surface area (Å²) in [6.07, 6.45) is 6.19. The van der Waals surface area contributed by atoms with E-state index in [9.17, 15) is 0 Å². The number of nitrogens with zero attached hydrogens (tertiary/aromatic N) is 3. The Morgan fingerprint density at radius 3 is 2.83 bits per heavy atom. The molecule has 0 saturated heterocycles. The molecule has 62 valence electrons. The predicted octanol–water partition coefficient (Wildman–Crippen LogP) is 1.11. The zero-order valence-corrected chi connectivity index (χ0v) is 6.55. The third-order valence-electron chi connectivity index (χ3n) is 1.67. The van der Waals surface area contributed by atoms with Crippen LogP contribution in [-0.4, -0.2) is 14.7 Å². The van der Waals surface area contributed by atoms with Crippen LogP contribution in [0.15, 0.2) is 35.4 Å². The zero-order valence-electron chi connectivity index (χ0n) is 6.55. The Balaban J connectivity index is 1.91. The van der Waals surface area contributed by atoms with Gasteiger partial charge >= 0.3 is 0 Å². The maximum Gasteiger partial charge on any atom is 0.213 e. The van der Waals surface area contributed by atoms with Crippen LogP contribution in [-0.2, 0) is 13.0 Å². The fourth-order valence-corrected chi connectivity index (χ4v) is 1.05. The summed E-state index contributed by atoms with van der Waals surface area (Å²) < 4.78 is 6.69. The van der Waals surface area contributed by atoms with Gasteiger partial charge in [-0.3, -0.25) is 0 Å². The smallest absolute Gasteiger partial charge is 0.213 e. The van der Waals surface area contributed by atoms with E-state index in [1.54, 1.807) is 0 Å². The summed E-state index contributed by atoms with van der Waals surface area (Å²) in [5, 5.41) is 3.72. The molecule has 0 bridgehead atoms. The number of aromatic nitrogens is 3. The lowest BCUT2D eigenvalue weighted by molar-refractivity contribution is 0.408. The molecule has 0 amide bonds. The van der Waals surface area contributed by atoms with E-state index in [2.05, 4.69) is 19.2 Å². The molecule has 12 heavy (non-hydrogen) atoms. The maximum atomic E-state index is 4.61. The van der Waals surface area contributed by atoms with Crippen LogP contribution in [0.1, 0.15) is 5.82 Å². The van der Waals surface area contributed by atoms with Crippen LogP contribution in [0.25, 0.3) is 0 Å². The van der Waals surface area contributed by atoms with Crippen molar-refractivity contribution >= 4 is 0 Å². The topological polar surface area (TPSA) is 43.9 Å². The van der Waals surface area contributed by atoms with Crippen LogP contribution < -0.4 is 0 Å². The Bertz CT molecular complexity index is 278. The number of rotatable bonds is 3. The second-order valence-corrected chi connectivity index (χ2v) is 2.52. The van der Waals surface area contributed by atoms with Crippen molar-refractivity contribution in [3.8, 4) is 0 Å². The number of aryl methyl sites for hydroxylation is 2. The van der Waals surface area contributed by atoms with Gasteiger partial charge < -0.3 is 9.09 Å². The summed E-state index contributed by atoms with van der Waals surface area (Å²) in [6.45, 7) is 0.895. The van der Waals surface area contributed by atoms with Gasteiger partial charge in [0.05, 0.1) is 0 Å². The van der Waals surface area contributed by atoms with Crippen LogP contribution in [0, 0.1) is 0 Å². The van der Waals surface area contributed by atoms with Crippen molar-refractivity contribution in [2.24, 2.45) is 0 Å². The molecule has 0 aliphatic carbocycles. The van der Waals surface area contributed by atoms with Crippen LogP contribution in [0.5, 0.6) is 0 Å². The van der Waals surface area contributed by atoms with Crippen molar-refractivity contribution < 1.29 is 4.52 Å². The monoisotopic (exact) mass is 163 g/mol. The largest absolute Gasteiger partial charge is 0.354 e. The molecule has 2 aromatic rings. The van der Waals surface area contributed by atoms with Gasteiger partial charge in [-0.2, -0.15) is 4.98 Å². The van der Waals surface area contributed by atoms with Gasteiger partial charge in [0, 0.05) is 25.4 Å². The molecule has 0 saturated carbocycles. The molecule has 0 spiro atoms. The van der Waals surface area contributed by atoms with Gasteiger partial charge in [0.25, 0.3) is 0 Å². The van der Waals surface area contributed by atoms with Crippen molar-refractivity contribution in [3.63, 3.8) is 0 Å². The van der Waals surface area contributed by atoms with Crippen LogP contribution in [0.2, 0.25) is 0 Å². The molecule has 0 unspecified atom stereocenters. The molecule has 2 heterocycles. The standard InChI is InChI=1S/C8H9N3O/c1-2-5-11(4-1)6-3-8-9-7-12-10-8/h1-2,4-5,7H,3,6H2. The van der Waals surface area contributed by atoms with Gasteiger partial charge in [0.2, 0.25) is 6.39 Å². The molecule has 0 aromatic carbocycles. The van der Waals surface area contributed by atoms with E-state index < -0.39 is 0 Å². The summed E-state index contributed by atoms with van der Waals surface area (Å²) >= 11 is 0. The molecule has 2 rings (SSSR count). The number of hydrogen-bond donors (Lipinski definition) is 0. The SMILES string of the molecule is c1ccn(CCc2ncon2)c1. The molecule has 0 radical (unpaired) electrons. The van der Waals surface area contributed by atoms with Crippen molar-refractivity contribution in [3.05, 3.63) is 36.7 Å². The summed E-state index contributed by atoms with van der Waals surface area (Å²) in [5.41, 5.74) is 0. The van der Waals surface area contributed by atoms with Crippen molar-refractivity contribution in [1.82, 2.24) is 14.7 Å². The average molecular weight is 163 g/mol. The maximum absolute atomic E-state index is 4.61. The van der Waals surface area contributed by atoms with Gasteiger partial charge in [0.1, 0.15) is 0 Å². The molecule has 0 aliphatic heterocycles. The summed E-state index contributed by atoms with van der Waals surface area (Å²) in [6, 6.07) is 3.99. The van der Waals surface area contributed by atoms with Crippen molar-refractivity contribution in [2.45, 2.75) is 13.0 Å². The average Bonchev–Trinajstić information content (AvgIpc) is 2.74. The normalized spacial score (nSPS) is 10.3. The Hall–Kier alpha value is -1.58. The number of hydrogen-bond acceptors (Lipinski definition) is 3. The first kappa shape index (κ1) is 7.09. The van der Waals surface area contributed by atoms with Crippen molar-refractivity contribution in [1.29, 1.82) is 0 Å². The van der Waals surface area contributed by atoms with E-state index in [1.165, 1.54) is 6.39 Å². The van der Waals surface area contributed by atoms with E-state index in [-0.39, 0.29) is 0 Å². The van der Waals surface area contributed by atoms with E-state index in [0.29, 0.717) is 0 Å². The molecule has 0 N–H and O–H groups in total. The first-order valence-electron chi connectivity index (χ1n) is 3.81. The second kappa shape index (κ2) is 3.21. The van der Waals surface area contributed by atoms with E-state index in [4.69, 9.17) is 0 Å². The highest BCUT2D eigenvalue weighted by molar-refractivity contribution is 4.91. The third-order valence-corrected chi connectivity index (χ3v) is 1.67. The molecule has 0 aliphatic rings. The van der Waals surface area contributed by atoms with Crippen molar-refractivity contribution in [2.75, 3.05) is 0 Å². The highest BCUT2D eigenvalue weighted by Crippen LogP contribution is 1.95. The van der Waals surface area contributed by atoms with Crippen LogP contribution in [0.3, 0.4) is 0 Å². The van der Waals surface area contributed by atoms with Gasteiger partial charge in [-0.05, 0) is 12.1 Å². The molecule has 2 aromatic heterocycles. The third kappa shape index (κ3) is 1.53. The van der Waals surface area contributed by atoms with Gasteiger partial charge in [0.15, 0.2) is 5.82 Å². The fraction of sp³-hybridized carbons (Fsp3) is 0.250. The molecule has 4 nitrogen and oxygen atoms in total. The van der Waals surface area contributed by atoms with Gasteiger partial charge in [-0.25, -0.2) is 0 Å². The summed E-state index contributed by atoms with van der Waals surface area (Å²) in [4.78, 5) is 3.92. The van der Waals surface area contributed by atoms with E-state index in [0.717, 1.165) is 18.8 Å². The highest BCUT2D eigenvalue weighted by Gasteiger charge is 1.97. The molecule has 4 heteroatoms. The molecule has 0 fully saturated rings. The second-order valence-electron chi connectivity index (χ2n) is 2.52. The van der Waals surface area contributed by atoms with Gasteiger partial charge in [-0.15, -0.1) is 0 Å². The molecular weight excluding hydrogens is 154 g/mol.